The molecule has 0 aliphatic carbocycles. The Hall–Kier alpha value is -1.05. The number of carbonyl (C=O) groups is 1. The molecule has 0 bridgehead atoms. The molecule has 1 amide bonds. The number of amides is 1. The molecule has 14 heavy (non-hydrogen) atoms. The lowest BCUT2D eigenvalue weighted by molar-refractivity contribution is -0.122. The van der Waals surface area contributed by atoms with Crippen LogP contribution in [0, 0.1) is 12.3 Å². The third-order valence-electron chi connectivity index (χ3n) is 1.98. The third-order valence-corrected chi connectivity index (χ3v) is 1.98. The fraction of sp³-hybridized carbons (Fsp3) is 0.700. The molecule has 4 nitrogen and oxygen atoms in total. The van der Waals surface area contributed by atoms with Crippen molar-refractivity contribution >= 4 is 5.91 Å². The molecule has 0 spiro atoms. The summed E-state index contributed by atoms with van der Waals surface area (Å²) in [5.74, 6) is 2.33. The summed E-state index contributed by atoms with van der Waals surface area (Å²) in [6, 6.07) is -0.158. The van der Waals surface area contributed by atoms with Crippen molar-refractivity contribution in [2.24, 2.45) is 5.73 Å². The highest BCUT2D eigenvalue weighted by atomic mass is 16.2. The van der Waals surface area contributed by atoms with Crippen LogP contribution in [0.15, 0.2) is 0 Å². The first-order chi connectivity index (χ1) is 6.76. The van der Waals surface area contributed by atoms with Crippen molar-refractivity contribution in [3.63, 3.8) is 0 Å². The highest BCUT2D eigenvalue weighted by Gasteiger charge is 2.14. The Kier molecular flexibility index (Phi) is 7.90. The summed E-state index contributed by atoms with van der Waals surface area (Å²) < 4.78 is 0. The van der Waals surface area contributed by atoms with Gasteiger partial charge in [-0.1, -0.05) is 12.3 Å². The van der Waals surface area contributed by atoms with Gasteiger partial charge in [0.1, 0.15) is 0 Å². The van der Waals surface area contributed by atoms with E-state index in [1.54, 1.807) is 7.05 Å². The Morgan fingerprint density at radius 2 is 2.29 bits per heavy atom. The van der Waals surface area contributed by atoms with E-state index in [1.807, 2.05) is 0 Å². The van der Waals surface area contributed by atoms with Crippen LogP contribution in [0.5, 0.6) is 0 Å². The Labute approximate surface area is 85.6 Å². The maximum absolute atomic E-state index is 11.4. The van der Waals surface area contributed by atoms with E-state index in [-0.39, 0.29) is 18.5 Å². The van der Waals surface area contributed by atoms with Crippen LogP contribution in [0.4, 0.5) is 0 Å². The fourth-order valence-electron chi connectivity index (χ4n) is 1.16. The van der Waals surface area contributed by atoms with E-state index in [9.17, 15) is 4.79 Å². The van der Waals surface area contributed by atoms with Gasteiger partial charge < -0.3 is 16.4 Å². The molecule has 0 saturated carbocycles. The molecule has 0 aromatic heterocycles. The van der Waals surface area contributed by atoms with Crippen LogP contribution < -0.4 is 16.4 Å². The molecule has 0 fully saturated rings. The zero-order valence-electron chi connectivity index (χ0n) is 8.68. The molecule has 0 radical (unpaired) electrons. The Bertz CT molecular complexity index is 198. The monoisotopic (exact) mass is 197 g/mol. The Balaban J connectivity index is 3.76. The molecule has 4 N–H and O–H groups in total. The average molecular weight is 197 g/mol. The summed E-state index contributed by atoms with van der Waals surface area (Å²) in [6.07, 6.45) is 7.73. The summed E-state index contributed by atoms with van der Waals surface area (Å²) in [5, 5.41) is 5.59. The second kappa shape index (κ2) is 8.54. The number of likely N-dealkylation sites (N-methyl/N-ethyl adjacent to an activating group) is 1. The van der Waals surface area contributed by atoms with Crippen molar-refractivity contribution in [3.05, 3.63) is 0 Å². The molecule has 0 heterocycles. The number of rotatable bonds is 7. The first-order valence-electron chi connectivity index (χ1n) is 4.84. The zero-order chi connectivity index (χ0) is 10.8. The van der Waals surface area contributed by atoms with E-state index in [0.29, 0.717) is 6.54 Å². The minimum absolute atomic E-state index is 0.0394. The van der Waals surface area contributed by atoms with Crippen molar-refractivity contribution in [1.29, 1.82) is 0 Å². The van der Waals surface area contributed by atoms with Gasteiger partial charge in [-0.25, -0.2) is 0 Å². The van der Waals surface area contributed by atoms with Crippen LogP contribution in [-0.2, 0) is 4.79 Å². The highest BCUT2D eigenvalue weighted by Crippen LogP contribution is 1.99. The SMILES string of the molecule is C#CCNC(=O)C(CCCCN)NC. The van der Waals surface area contributed by atoms with Crippen LogP contribution in [-0.4, -0.2) is 32.1 Å². The van der Waals surface area contributed by atoms with Crippen LogP contribution in [0.1, 0.15) is 19.3 Å². The predicted molar refractivity (Wildman–Crippen MR) is 57.6 cm³/mol. The third kappa shape index (κ3) is 5.57. The van der Waals surface area contributed by atoms with Gasteiger partial charge in [0.2, 0.25) is 5.91 Å². The van der Waals surface area contributed by atoms with Crippen molar-refractivity contribution in [2.45, 2.75) is 25.3 Å². The Morgan fingerprint density at radius 1 is 1.57 bits per heavy atom. The van der Waals surface area contributed by atoms with Crippen LogP contribution >= 0.6 is 0 Å². The van der Waals surface area contributed by atoms with Crippen LogP contribution in [0.3, 0.4) is 0 Å². The number of nitrogens with two attached hydrogens (primary N) is 1. The molecule has 80 valence electrons. The van der Waals surface area contributed by atoms with Gasteiger partial charge >= 0.3 is 0 Å². The first-order valence-corrected chi connectivity index (χ1v) is 4.84. The summed E-state index contributed by atoms with van der Waals surface area (Å²) in [5.41, 5.74) is 5.37. The minimum atomic E-state index is -0.158. The number of hydrogen-bond donors (Lipinski definition) is 3. The molecule has 1 unspecified atom stereocenters. The van der Waals surface area contributed by atoms with Crippen LogP contribution in [0.25, 0.3) is 0 Å². The standard InChI is InChI=1S/C10H19N3O/c1-3-8-13-10(14)9(12-2)6-4-5-7-11/h1,9,12H,4-8,11H2,2H3,(H,13,14). The average Bonchev–Trinajstić information content (AvgIpc) is 2.21. The molecule has 0 aliphatic rings. The van der Waals surface area contributed by atoms with Crippen molar-refractivity contribution < 1.29 is 4.79 Å². The van der Waals surface area contributed by atoms with Gasteiger partial charge in [0, 0.05) is 0 Å². The number of nitrogens with one attached hydrogen (secondary N) is 2. The minimum Gasteiger partial charge on any atom is -0.344 e. The van der Waals surface area contributed by atoms with Gasteiger partial charge in [-0.2, -0.15) is 0 Å². The van der Waals surface area contributed by atoms with E-state index < -0.39 is 0 Å². The normalized spacial score (nSPS) is 11.8. The predicted octanol–water partition coefficient (Wildman–Crippen LogP) is -0.547. The molecule has 0 aromatic carbocycles. The maximum atomic E-state index is 11.4. The van der Waals surface area contributed by atoms with Gasteiger partial charge in [0.15, 0.2) is 0 Å². The van der Waals surface area contributed by atoms with Gasteiger partial charge in [-0.3, -0.25) is 4.79 Å². The van der Waals surface area contributed by atoms with Crippen molar-refractivity contribution in [3.8, 4) is 12.3 Å². The summed E-state index contributed by atoms with van der Waals surface area (Å²) in [7, 11) is 1.77. The molecule has 4 heteroatoms. The van der Waals surface area contributed by atoms with Gasteiger partial charge in [-0.15, -0.1) is 6.42 Å². The van der Waals surface area contributed by atoms with Gasteiger partial charge in [0.05, 0.1) is 12.6 Å². The van der Waals surface area contributed by atoms with E-state index >= 15 is 0 Å². The van der Waals surface area contributed by atoms with Gasteiger partial charge in [-0.05, 0) is 26.4 Å². The zero-order valence-corrected chi connectivity index (χ0v) is 8.68. The Morgan fingerprint density at radius 3 is 2.79 bits per heavy atom. The lowest BCUT2D eigenvalue weighted by Gasteiger charge is -2.14. The lowest BCUT2D eigenvalue weighted by Crippen LogP contribution is -2.42. The summed E-state index contributed by atoms with van der Waals surface area (Å²) in [6.45, 7) is 0.955. The molecule has 1 atom stereocenters. The maximum Gasteiger partial charge on any atom is 0.237 e. The van der Waals surface area contributed by atoms with Gasteiger partial charge in [0.25, 0.3) is 0 Å². The quantitative estimate of drug-likeness (QED) is 0.379. The smallest absolute Gasteiger partial charge is 0.237 e. The number of carbonyl (C=O) groups excluding carboxylic acids is 1. The molecule has 0 saturated heterocycles. The van der Waals surface area contributed by atoms with Crippen molar-refractivity contribution in [2.75, 3.05) is 20.1 Å². The topological polar surface area (TPSA) is 67.2 Å². The first kappa shape index (κ1) is 12.9. The number of terminal acetylenes is 1. The fourth-order valence-corrected chi connectivity index (χ4v) is 1.16. The molecule has 0 rings (SSSR count). The number of hydrogen-bond acceptors (Lipinski definition) is 3. The molecule has 0 aromatic rings. The van der Waals surface area contributed by atoms with E-state index in [4.69, 9.17) is 12.2 Å². The van der Waals surface area contributed by atoms with Crippen LogP contribution in [0.2, 0.25) is 0 Å². The summed E-state index contributed by atoms with van der Waals surface area (Å²) in [4.78, 5) is 11.4. The highest BCUT2D eigenvalue weighted by molar-refractivity contribution is 5.81. The van der Waals surface area contributed by atoms with E-state index in [1.165, 1.54) is 0 Å². The van der Waals surface area contributed by atoms with E-state index in [2.05, 4.69) is 16.6 Å². The number of unbranched alkanes of at least 4 members (excludes halogenated alkanes) is 1. The second-order valence-electron chi connectivity index (χ2n) is 3.05. The van der Waals surface area contributed by atoms with E-state index in [0.717, 1.165) is 19.3 Å². The summed E-state index contributed by atoms with van der Waals surface area (Å²) >= 11 is 0. The van der Waals surface area contributed by atoms with Crippen molar-refractivity contribution in [1.82, 2.24) is 10.6 Å². The molecular weight excluding hydrogens is 178 g/mol. The largest absolute Gasteiger partial charge is 0.344 e. The molecular formula is C10H19N3O. The lowest BCUT2D eigenvalue weighted by atomic mass is 10.1. The molecule has 0 aliphatic heterocycles. The second-order valence-corrected chi connectivity index (χ2v) is 3.05.